The van der Waals surface area contributed by atoms with E-state index in [1.807, 2.05) is 36.4 Å². The smallest absolute Gasteiger partial charge is 0.228 e. The monoisotopic (exact) mass is 334 g/mol. The molecule has 5 heteroatoms. The summed E-state index contributed by atoms with van der Waals surface area (Å²) in [7, 11) is 0. The minimum Gasteiger partial charge on any atom is -0.489 e. The molecule has 0 saturated carbocycles. The number of benzene rings is 2. The predicted molar refractivity (Wildman–Crippen MR) is 96.0 cm³/mol. The Labute approximate surface area is 143 Å². The lowest BCUT2D eigenvalue weighted by molar-refractivity contribution is -0.119. The van der Waals surface area contributed by atoms with E-state index >= 15 is 0 Å². The van der Waals surface area contributed by atoms with Crippen molar-refractivity contribution < 1.29 is 9.53 Å². The van der Waals surface area contributed by atoms with Crippen molar-refractivity contribution in [3.8, 4) is 5.75 Å². The number of hydrogen-bond acceptors (Lipinski definition) is 3. The van der Waals surface area contributed by atoms with Crippen molar-refractivity contribution in [1.29, 1.82) is 0 Å². The number of ether oxygens (including phenoxy) is 1. The molecule has 0 radical (unpaired) electrons. The molecule has 3 N–H and O–H groups in total. The third-order valence-corrected chi connectivity index (χ3v) is 3.39. The van der Waals surface area contributed by atoms with Crippen LogP contribution in [0.2, 0.25) is 0 Å². The molecule has 0 saturated heterocycles. The van der Waals surface area contributed by atoms with Crippen LogP contribution in [-0.2, 0) is 11.4 Å². The van der Waals surface area contributed by atoms with Crippen molar-refractivity contribution in [2.24, 2.45) is 11.7 Å². The Bertz CT molecular complexity index is 646. The van der Waals surface area contributed by atoms with Crippen molar-refractivity contribution in [2.45, 2.75) is 20.5 Å². The first-order chi connectivity index (χ1) is 10.6. The standard InChI is InChI=1S/C18H22N2O2.ClH/c1-13-5-3-6-15(9-13)12-22-17-8-4-7-16(10-17)20-18(21)14(2)11-19;/h3-10,14H,11-12,19H2,1-2H3,(H,20,21);1H. The second-order valence-corrected chi connectivity index (χ2v) is 5.43. The molecule has 0 bridgehead atoms. The van der Waals surface area contributed by atoms with Gasteiger partial charge in [-0.05, 0) is 24.6 Å². The second-order valence-electron chi connectivity index (χ2n) is 5.43. The molecular formula is C18H23ClN2O2. The van der Waals surface area contributed by atoms with E-state index in [1.165, 1.54) is 5.56 Å². The highest BCUT2D eigenvalue weighted by Gasteiger charge is 2.11. The summed E-state index contributed by atoms with van der Waals surface area (Å²) in [6.45, 7) is 4.68. The summed E-state index contributed by atoms with van der Waals surface area (Å²) >= 11 is 0. The average Bonchev–Trinajstić information content (AvgIpc) is 2.52. The number of rotatable bonds is 6. The van der Waals surface area contributed by atoms with E-state index < -0.39 is 0 Å². The molecule has 0 aliphatic heterocycles. The molecule has 0 spiro atoms. The Hall–Kier alpha value is -2.04. The molecule has 23 heavy (non-hydrogen) atoms. The van der Waals surface area contributed by atoms with Crippen LogP contribution in [0.25, 0.3) is 0 Å². The fraction of sp³-hybridized carbons (Fsp3) is 0.278. The molecule has 0 aliphatic carbocycles. The number of nitrogens with one attached hydrogen (secondary N) is 1. The Morgan fingerprint density at radius 3 is 2.65 bits per heavy atom. The molecule has 0 aromatic heterocycles. The number of amides is 1. The molecule has 2 aromatic carbocycles. The van der Waals surface area contributed by atoms with Crippen LogP contribution in [0.4, 0.5) is 5.69 Å². The number of anilines is 1. The topological polar surface area (TPSA) is 64.3 Å². The summed E-state index contributed by atoms with van der Waals surface area (Å²) in [6.07, 6.45) is 0. The number of aryl methyl sites for hydroxylation is 1. The minimum atomic E-state index is -0.211. The number of carbonyl (C=O) groups excluding carboxylic acids is 1. The molecule has 1 atom stereocenters. The highest BCUT2D eigenvalue weighted by atomic mass is 35.5. The van der Waals surface area contributed by atoms with Crippen molar-refractivity contribution in [2.75, 3.05) is 11.9 Å². The first kappa shape index (κ1) is 19.0. The van der Waals surface area contributed by atoms with Gasteiger partial charge in [0.15, 0.2) is 0 Å². The van der Waals surface area contributed by atoms with Gasteiger partial charge in [-0.25, -0.2) is 0 Å². The third kappa shape index (κ3) is 5.93. The van der Waals surface area contributed by atoms with Crippen LogP contribution in [-0.4, -0.2) is 12.5 Å². The molecule has 2 rings (SSSR count). The summed E-state index contributed by atoms with van der Waals surface area (Å²) in [5.41, 5.74) is 8.53. The normalized spacial score (nSPS) is 11.3. The number of carbonyl (C=O) groups is 1. The average molecular weight is 335 g/mol. The minimum absolute atomic E-state index is 0. The first-order valence-corrected chi connectivity index (χ1v) is 7.38. The van der Waals surface area contributed by atoms with Gasteiger partial charge in [0.1, 0.15) is 12.4 Å². The number of halogens is 1. The Morgan fingerprint density at radius 2 is 1.96 bits per heavy atom. The highest BCUT2D eigenvalue weighted by Crippen LogP contribution is 2.19. The summed E-state index contributed by atoms with van der Waals surface area (Å²) in [6, 6.07) is 15.6. The number of nitrogens with two attached hydrogens (primary N) is 1. The van der Waals surface area contributed by atoms with Gasteiger partial charge in [-0.15, -0.1) is 12.4 Å². The lowest BCUT2D eigenvalue weighted by atomic mass is 10.1. The lowest BCUT2D eigenvalue weighted by Crippen LogP contribution is -2.26. The zero-order valence-corrected chi connectivity index (χ0v) is 14.2. The van der Waals surface area contributed by atoms with Crippen molar-refractivity contribution >= 4 is 24.0 Å². The quantitative estimate of drug-likeness (QED) is 0.849. The molecule has 4 nitrogen and oxygen atoms in total. The van der Waals surface area contributed by atoms with E-state index in [4.69, 9.17) is 10.5 Å². The molecule has 0 heterocycles. The van der Waals surface area contributed by atoms with E-state index in [-0.39, 0.29) is 24.2 Å². The summed E-state index contributed by atoms with van der Waals surface area (Å²) in [5, 5.41) is 2.84. The van der Waals surface area contributed by atoms with Gasteiger partial charge in [0.25, 0.3) is 0 Å². The maximum absolute atomic E-state index is 11.8. The maximum Gasteiger partial charge on any atom is 0.228 e. The van der Waals surface area contributed by atoms with Crippen molar-refractivity contribution in [3.05, 3.63) is 59.7 Å². The van der Waals surface area contributed by atoms with Crippen LogP contribution in [0.1, 0.15) is 18.1 Å². The summed E-state index contributed by atoms with van der Waals surface area (Å²) < 4.78 is 5.78. The van der Waals surface area contributed by atoms with Crippen LogP contribution in [0.3, 0.4) is 0 Å². The van der Waals surface area contributed by atoms with Gasteiger partial charge in [-0.3, -0.25) is 4.79 Å². The SMILES string of the molecule is Cc1cccc(COc2cccc(NC(=O)C(C)CN)c2)c1.Cl. The van der Waals surface area contributed by atoms with Crippen LogP contribution in [0.15, 0.2) is 48.5 Å². The van der Waals surface area contributed by atoms with Gasteiger partial charge in [0.2, 0.25) is 5.91 Å². The Balaban J connectivity index is 0.00000264. The largest absolute Gasteiger partial charge is 0.489 e. The van der Waals surface area contributed by atoms with Crippen LogP contribution < -0.4 is 15.8 Å². The summed E-state index contributed by atoms with van der Waals surface area (Å²) in [5.74, 6) is 0.426. The molecular weight excluding hydrogens is 312 g/mol. The highest BCUT2D eigenvalue weighted by molar-refractivity contribution is 5.92. The summed E-state index contributed by atoms with van der Waals surface area (Å²) in [4.78, 5) is 11.8. The third-order valence-electron chi connectivity index (χ3n) is 3.39. The fourth-order valence-electron chi connectivity index (χ4n) is 2.00. The van der Waals surface area contributed by atoms with Gasteiger partial charge in [-0.2, -0.15) is 0 Å². The maximum atomic E-state index is 11.8. The van der Waals surface area contributed by atoms with Gasteiger partial charge < -0.3 is 15.8 Å². The van der Waals surface area contributed by atoms with E-state index in [0.29, 0.717) is 18.8 Å². The molecule has 1 amide bonds. The van der Waals surface area contributed by atoms with Gasteiger partial charge in [-0.1, -0.05) is 42.8 Å². The molecule has 0 aliphatic rings. The van der Waals surface area contributed by atoms with E-state index in [9.17, 15) is 4.79 Å². The van der Waals surface area contributed by atoms with Crippen LogP contribution >= 0.6 is 12.4 Å². The Kier molecular flexibility index (Phi) is 7.59. The van der Waals surface area contributed by atoms with Crippen molar-refractivity contribution in [1.82, 2.24) is 0 Å². The molecule has 0 fully saturated rings. The van der Waals surface area contributed by atoms with Crippen LogP contribution in [0.5, 0.6) is 5.75 Å². The predicted octanol–water partition coefficient (Wildman–Crippen LogP) is 3.53. The van der Waals surface area contributed by atoms with Crippen molar-refractivity contribution in [3.63, 3.8) is 0 Å². The van der Waals surface area contributed by atoms with E-state index in [0.717, 1.165) is 11.3 Å². The van der Waals surface area contributed by atoms with Gasteiger partial charge in [0.05, 0.1) is 0 Å². The zero-order chi connectivity index (χ0) is 15.9. The number of hydrogen-bond donors (Lipinski definition) is 2. The van der Waals surface area contributed by atoms with Gasteiger partial charge in [0, 0.05) is 24.2 Å². The van der Waals surface area contributed by atoms with E-state index in [2.05, 4.69) is 24.4 Å². The van der Waals surface area contributed by atoms with Gasteiger partial charge >= 0.3 is 0 Å². The fourth-order valence-corrected chi connectivity index (χ4v) is 2.00. The van der Waals surface area contributed by atoms with E-state index in [1.54, 1.807) is 6.92 Å². The zero-order valence-electron chi connectivity index (χ0n) is 13.4. The van der Waals surface area contributed by atoms with Crippen LogP contribution in [0, 0.1) is 12.8 Å². The lowest BCUT2D eigenvalue weighted by Gasteiger charge is -2.12. The second kappa shape index (κ2) is 9.18. The Morgan fingerprint density at radius 1 is 1.22 bits per heavy atom. The first-order valence-electron chi connectivity index (χ1n) is 7.38. The molecule has 2 aromatic rings. The molecule has 1 unspecified atom stereocenters. The molecule has 124 valence electrons.